The molecule has 0 aromatic heterocycles. The third kappa shape index (κ3) is 5.60. The maximum Gasteiger partial charge on any atom is 0.418 e. The molecule has 32 heavy (non-hydrogen) atoms. The Morgan fingerprint density at radius 1 is 1.09 bits per heavy atom. The number of aryl methyl sites for hydroxylation is 1. The molecule has 1 N–H and O–H groups in total. The average molecular weight is 471 g/mol. The second kappa shape index (κ2) is 9.91. The molecule has 10 heteroatoms. The number of alkyl halides is 3. The van der Waals surface area contributed by atoms with Crippen LogP contribution in [-0.4, -0.2) is 38.8 Å². The number of nitrogens with zero attached hydrogens (tertiary/aromatic N) is 1. The summed E-state index contributed by atoms with van der Waals surface area (Å²) in [5.74, 6) is -0.209. The van der Waals surface area contributed by atoms with E-state index < -0.39 is 27.7 Å². The Hall–Kier alpha value is -2.59. The van der Waals surface area contributed by atoms with Gasteiger partial charge in [-0.3, -0.25) is 4.79 Å². The first-order valence-electron chi connectivity index (χ1n) is 10.3. The van der Waals surface area contributed by atoms with E-state index in [4.69, 9.17) is 4.74 Å². The molecule has 0 bridgehead atoms. The Balaban J connectivity index is 1.75. The number of carbonyl (C=O) groups is 1. The molecule has 1 aliphatic rings. The molecule has 1 fully saturated rings. The molecule has 0 radical (unpaired) electrons. The number of ether oxygens (including phenoxy) is 1. The summed E-state index contributed by atoms with van der Waals surface area (Å²) >= 11 is 0. The van der Waals surface area contributed by atoms with E-state index in [-0.39, 0.29) is 23.4 Å². The van der Waals surface area contributed by atoms with Crippen LogP contribution in [0.2, 0.25) is 0 Å². The van der Waals surface area contributed by atoms with Crippen LogP contribution in [0.5, 0.6) is 5.75 Å². The predicted molar refractivity (Wildman–Crippen MR) is 114 cm³/mol. The van der Waals surface area contributed by atoms with Crippen LogP contribution in [-0.2, 0) is 27.4 Å². The van der Waals surface area contributed by atoms with Gasteiger partial charge in [0, 0.05) is 19.5 Å². The van der Waals surface area contributed by atoms with Gasteiger partial charge in [0.2, 0.25) is 15.9 Å². The highest BCUT2D eigenvalue weighted by Crippen LogP contribution is 2.34. The van der Waals surface area contributed by atoms with E-state index in [0.29, 0.717) is 24.4 Å². The summed E-state index contributed by atoms with van der Waals surface area (Å²) in [5.41, 5.74) is -0.760. The van der Waals surface area contributed by atoms with Crippen molar-refractivity contribution < 1.29 is 31.1 Å². The number of amides is 1. The van der Waals surface area contributed by atoms with Gasteiger partial charge in [0.15, 0.2) is 0 Å². The van der Waals surface area contributed by atoms with Gasteiger partial charge < -0.3 is 10.1 Å². The van der Waals surface area contributed by atoms with Crippen LogP contribution < -0.4 is 10.1 Å². The van der Waals surface area contributed by atoms with Gasteiger partial charge in [0.05, 0.1) is 23.3 Å². The molecule has 174 valence electrons. The van der Waals surface area contributed by atoms with Crippen molar-refractivity contribution in [1.82, 2.24) is 4.31 Å². The van der Waals surface area contributed by atoms with Crippen molar-refractivity contribution >= 4 is 21.6 Å². The van der Waals surface area contributed by atoms with E-state index in [2.05, 4.69) is 5.32 Å². The van der Waals surface area contributed by atoms with Crippen molar-refractivity contribution in [3.8, 4) is 5.75 Å². The van der Waals surface area contributed by atoms with Crippen molar-refractivity contribution in [3.63, 3.8) is 0 Å². The van der Waals surface area contributed by atoms with E-state index >= 15 is 0 Å². The third-order valence-electron chi connectivity index (χ3n) is 5.33. The second-order valence-electron chi connectivity index (χ2n) is 7.53. The number of carbonyl (C=O) groups excluding carboxylic acids is 1. The highest BCUT2D eigenvalue weighted by Gasteiger charge is 2.33. The third-order valence-corrected chi connectivity index (χ3v) is 7.23. The number of para-hydroxylation sites is 1. The summed E-state index contributed by atoms with van der Waals surface area (Å²) in [6.45, 7) is 0.926. The van der Waals surface area contributed by atoms with Gasteiger partial charge >= 0.3 is 6.18 Å². The second-order valence-corrected chi connectivity index (χ2v) is 9.47. The monoisotopic (exact) mass is 470 g/mol. The smallest absolute Gasteiger partial charge is 0.418 e. The highest BCUT2D eigenvalue weighted by atomic mass is 32.2. The fourth-order valence-corrected chi connectivity index (χ4v) is 5.23. The van der Waals surface area contributed by atoms with Gasteiger partial charge in [-0.25, -0.2) is 8.42 Å². The first kappa shape index (κ1) is 24.1. The molecular weight excluding hydrogens is 445 g/mol. The van der Waals surface area contributed by atoms with Crippen molar-refractivity contribution in [1.29, 1.82) is 0 Å². The van der Waals surface area contributed by atoms with Crippen LogP contribution in [0.25, 0.3) is 0 Å². The summed E-state index contributed by atoms with van der Waals surface area (Å²) < 4.78 is 72.0. The molecule has 0 saturated carbocycles. The molecule has 6 nitrogen and oxygen atoms in total. The fourth-order valence-electron chi connectivity index (χ4n) is 3.67. The van der Waals surface area contributed by atoms with Crippen molar-refractivity contribution in [2.75, 3.05) is 25.5 Å². The zero-order chi connectivity index (χ0) is 23.4. The molecule has 1 heterocycles. The molecule has 0 aliphatic carbocycles. The molecule has 2 aromatic rings. The average Bonchev–Trinajstić information content (AvgIpc) is 2.77. The summed E-state index contributed by atoms with van der Waals surface area (Å²) in [6.07, 6.45) is -2.03. The summed E-state index contributed by atoms with van der Waals surface area (Å²) in [6, 6.07) is 9.20. The van der Waals surface area contributed by atoms with E-state index in [1.54, 1.807) is 0 Å². The van der Waals surface area contributed by atoms with Gasteiger partial charge in [-0.2, -0.15) is 17.5 Å². The zero-order valence-corrected chi connectivity index (χ0v) is 18.4. The number of nitrogens with one attached hydrogen (secondary N) is 1. The highest BCUT2D eigenvalue weighted by molar-refractivity contribution is 7.89. The van der Waals surface area contributed by atoms with E-state index in [1.165, 1.54) is 47.8 Å². The molecule has 2 aromatic carbocycles. The maximum atomic E-state index is 13.1. The molecule has 0 atom stereocenters. The minimum Gasteiger partial charge on any atom is -0.496 e. The van der Waals surface area contributed by atoms with E-state index in [0.717, 1.165) is 25.3 Å². The number of piperidine rings is 1. The van der Waals surface area contributed by atoms with Gasteiger partial charge in [-0.15, -0.1) is 0 Å². The van der Waals surface area contributed by atoms with Crippen LogP contribution in [0.3, 0.4) is 0 Å². The summed E-state index contributed by atoms with van der Waals surface area (Å²) in [5, 5.41) is 2.30. The van der Waals surface area contributed by atoms with Crippen LogP contribution in [0.15, 0.2) is 47.4 Å². The normalized spacial score (nSPS) is 15.4. The molecule has 0 spiro atoms. The van der Waals surface area contributed by atoms with E-state index in [1.807, 2.05) is 0 Å². The lowest BCUT2D eigenvalue weighted by atomic mass is 10.1. The Kier molecular flexibility index (Phi) is 7.45. The number of rotatable bonds is 7. The molecule has 1 aliphatic heterocycles. The molecule has 0 unspecified atom stereocenters. The first-order chi connectivity index (χ1) is 15.1. The number of sulfonamides is 1. The first-order valence-corrected chi connectivity index (χ1v) is 11.7. The Labute approximate surface area is 185 Å². The fraction of sp³-hybridized carbons (Fsp3) is 0.409. The van der Waals surface area contributed by atoms with Gasteiger partial charge in [-0.05, 0) is 55.2 Å². The number of anilines is 1. The van der Waals surface area contributed by atoms with Gasteiger partial charge in [-0.1, -0.05) is 18.6 Å². The number of hydrogen-bond acceptors (Lipinski definition) is 4. The van der Waals surface area contributed by atoms with Gasteiger partial charge in [0.25, 0.3) is 0 Å². The standard InChI is InChI=1S/C22H25F3N2O4S/c1-31-20-11-10-17(32(29,30)27-13-5-2-6-14-27)15-16(20)9-12-21(28)26-19-8-4-3-7-18(19)22(23,24)25/h3-4,7-8,10-11,15H,2,5-6,9,12-14H2,1H3,(H,26,28). The molecule has 1 amide bonds. The Bertz CT molecular complexity index is 1070. The quantitative estimate of drug-likeness (QED) is 0.648. The summed E-state index contributed by atoms with van der Waals surface area (Å²) in [4.78, 5) is 12.5. The molecule has 1 saturated heterocycles. The predicted octanol–water partition coefficient (Wildman–Crippen LogP) is 4.46. The van der Waals surface area contributed by atoms with Crippen LogP contribution >= 0.6 is 0 Å². The maximum absolute atomic E-state index is 13.1. The lowest BCUT2D eigenvalue weighted by molar-refractivity contribution is -0.137. The van der Waals surface area contributed by atoms with Crippen LogP contribution in [0.1, 0.15) is 36.8 Å². The minimum atomic E-state index is -4.59. The minimum absolute atomic E-state index is 0.104. The summed E-state index contributed by atoms with van der Waals surface area (Å²) in [7, 11) is -2.24. The van der Waals surface area contributed by atoms with Crippen molar-refractivity contribution in [2.24, 2.45) is 0 Å². The SMILES string of the molecule is COc1ccc(S(=O)(=O)N2CCCCC2)cc1CCC(=O)Nc1ccccc1C(F)(F)F. The number of methoxy groups -OCH3 is 1. The van der Waals surface area contributed by atoms with Crippen LogP contribution in [0, 0.1) is 0 Å². The lowest BCUT2D eigenvalue weighted by Crippen LogP contribution is -2.35. The number of benzene rings is 2. The Morgan fingerprint density at radius 3 is 2.44 bits per heavy atom. The molecular formula is C22H25F3N2O4S. The topological polar surface area (TPSA) is 75.7 Å². The largest absolute Gasteiger partial charge is 0.496 e. The number of halogens is 3. The molecule has 3 rings (SSSR count). The zero-order valence-electron chi connectivity index (χ0n) is 17.6. The number of hydrogen-bond donors (Lipinski definition) is 1. The van der Waals surface area contributed by atoms with Gasteiger partial charge in [0.1, 0.15) is 5.75 Å². The van der Waals surface area contributed by atoms with E-state index in [9.17, 15) is 26.4 Å². The van der Waals surface area contributed by atoms with Crippen molar-refractivity contribution in [2.45, 2.75) is 43.2 Å². The van der Waals surface area contributed by atoms with Crippen molar-refractivity contribution in [3.05, 3.63) is 53.6 Å². The lowest BCUT2D eigenvalue weighted by Gasteiger charge is -2.26. The Morgan fingerprint density at radius 2 is 1.78 bits per heavy atom. The van der Waals surface area contributed by atoms with Crippen LogP contribution in [0.4, 0.5) is 18.9 Å².